The van der Waals surface area contributed by atoms with Crippen LogP contribution in [0.15, 0.2) is 0 Å². The largest absolute Gasteiger partial charge is 0.476 e. The van der Waals surface area contributed by atoms with Crippen LogP contribution in [0.5, 0.6) is 5.88 Å². The minimum absolute atomic E-state index is 0.0102. The lowest BCUT2D eigenvalue weighted by Crippen LogP contribution is -2.44. The molecule has 10 heteroatoms. The highest BCUT2D eigenvalue weighted by Crippen LogP contribution is 2.40. The lowest BCUT2D eigenvalue weighted by atomic mass is 9.96. The van der Waals surface area contributed by atoms with Gasteiger partial charge in [-0.1, -0.05) is 0 Å². The third-order valence-electron chi connectivity index (χ3n) is 4.15. The highest BCUT2D eigenvalue weighted by Gasteiger charge is 2.53. The second kappa shape index (κ2) is 5.81. The van der Waals surface area contributed by atoms with Crippen molar-refractivity contribution < 1.29 is 24.8 Å². The molecule has 4 atom stereocenters. The maximum absolute atomic E-state index is 10.7. The van der Waals surface area contributed by atoms with E-state index in [1.807, 2.05) is 0 Å². The number of fused-ring (bicyclic) bond motifs is 1. The summed E-state index contributed by atoms with van der Waals surface area (Å²) in [5, 5.41) is 30.2. The van der Waals surface area contributed by atoms with Gasteiger partial charge in [-0.15, -0.1) is 0 Å². The minimum atomic E-state index is -1.66. The number of nitrogen functional groups attached to an aromatic ring is 1. The number of hydrogen-bond donors (Lipinski definition) is 4. The molecule has 1 aliphatic rings. The Morgan fingerprint density at radius 1 is 1.38 bits per heavy atom. The number of nitrogens with two attached hydrogens (primary N) is 1. The summed E-state index contributed by atoms with van der Waals surface area (Å²) in [6, 6.07) is 0. The van der Waals surface area contributed by atoms with Crippen LogP contribution in [-0.4, -0.2) is 65.9 Å². The van der Waals surface area contributed by atoms with Crippen LogP contribution in [0.4, 0.5) is 5.95 Å². The third-order valence-corrected chi connectivity index (χ3v) is 4.15. The predicted molar refractivity (Wildman–Crippen MR) is 83.3 cm³/mol. The van der Waals surface area contributed by atoms with Crippen LogP contribution >= 0.6 is 0 Å². The van der Waals surface area contributed by atoms with E-state index in [9.17, 15) is 15.3 Å². The van der Waals surface area contributed by atoms with Crippen LogP contribution in [-0.2, 0) is 4.74 Å². The number of ether oxygens (including phenoxy) is 2. The van der Waals surface area contributed by atoms with Gasteiger partial charge in [-0.05, 0) is 20.8 Å². The lowest BCUT2D eigenvalue weighted by Gasteiger charge is -2.28. The van der Waals surface area contributed by atoms with Gasteiger partial charge in [0.1, 0.15) is 23.6 Å². The molecule has 1 fully saturated rings. The number of nitrogens with zero attached hydrogens (tertiary/aromatic N) is 4. The summed E-state index contributed by atoms with van der Waals surface area (Å²) < 4.78 is 12.6. The minimum Gasteiger partial charge on any atom is -0.476 e. The van der Waals surface area contributed by atoms with Crippen molar-refractivity contribution in [3.63, 3.8) is 0 Å². The number of anilines is 1. The second-order valence-electron chi connectivity index (χ2n) is 5.90. The third kappa shape index (κ3) is 2.38. The molecular formula is C14H21N5O5. The van der Waals surface area contributed by atoms with Crippen molar-refractivity contribution in [3.05, 3.63) is 5.82 Å². The van der Waals surface area contributed by atoms with Gasteiger partial charge in [0.25, 0.3) is 0 Å². The highest BCUT2D eigenvalue weighted by molar-refractivity contribution is 5.78. The average Bonchev–Trinajstić information content (AvgIpc) is 2.94. The Hall–Kier alpha value is -2.01. The van der Waals surface area contributed by atoms with Crippen LogP contribution in [0.1, 0.15) is 25.9 Å². The zero-order chi connectivity index (χ0) is 17.6. The maximum Gasteiger partial charge on any atom is 0.247 e. The Balaban J connectivity index is 2.18. The quantitative estimate of drug-likeness (QED) is 0.557. The van der Waals surface area contributed by atoms with Crippen molar-refractivity contribution in [2.24, 2.45) is 0 Å². The van der Waals surface area contributed by atoms with E-state index in [2.05, 4.69) is 15.0 Å². The molecule has 24 heavy (non-hydrogen) atoms. The predicted octanol–water partition coefficient (Wildman–Crippen LogP) is -0.883. The van der Waals surface area contributed by atoms with Gasteiger partial charge in [-0.2, -0.15) is 9.97 Å². The summed E-state index contributed by atoms with van der Waals surface area (Å²) >= 11 is 0. The van der Waals surface area contributed by atoms with Crippen molar-refractivity contribution in [2.75, 3.05) is 18.9 Å². The van der Waals surface area contributed by atoms with E-state index in [1.165, 1.54) is 11.5 Å². The number of hydrogen-bond acceptors (Lipinski definition) is 9. The molecular weight excluding hydrogens is 318 g/mol. The molecule has 0 aliphatic carbocycles. The maximum atomic E-state index is 10.7. The molecule has 0 aromatic carbocycles. The summed E-state index contributed by atoms with van der Waals surface area (Å²) in [6.45, 7) is 4.88. The molecule has 3 rings (SSSR count). The van der Waals surface area contributed by atoms with E-state index >= 15 is 0 Å². The number of rotatable bonds is 4. The zero-order valence-corrected chi connectivity index (χ0v) is 13.7. The number of aliphatic hydroxyl groups excluding tert-OH is 2. The number of aryl methyl sites for hydroxylation is 1. The fourth-order valence-corrected chi connectivity index (χ4v) is 2.96. The van der Waals surface area contributed by atoms with Crippen molar-refractivity contribution in [1.82, 2.24) is 19.5 Å². The lowest BCUT2D eigenvalue weighted by molar-refractivity contribution is -0.0958. The molecule has 3 heterocycles. The van der Waals surface area contributed by atoms with Crippen LogP contribution in [0.25, 0.3) is 11.2 Å². The van der Waals surface area contributed by atoms with Gasteiger partial charge in [0.05, 0.1) is 13.2 Å². The number of imidazole rings is 1. The van der Waals surface area contributed by atoms with Gasteiger partial charge < -0.3 is 30.5 Å². The van der Waals surface area contributed by atoms with E-state index in [1.54, 1.807) is 13.8 Å². The summed E-state index contributed by atoms with van der Waals surface area (Å²) in [6.07, 6.45) is -3.19. The first kappa shape index (κ1) is 16.8. The van der Waals surface area contributed by atoms with Gasteiger partial charge in [-0.25, -0.2) is 4.98 Å². The summed E-state index contributed by atoms with van der Waals surface area (Å²) in [5.41, 5.74) is 4.79. The molecule has 0 spiro atoms. The Kier molecular flexibility index (Phi) is 4.08. The SMILES string of the molecule is CCOc1nc(N)nc2c1nc(C)n2C1OC(CO)C(O)C1(C)O. The summed E-state index contributed by atoms with van der Waals surface area (Å²) in [7, 11) is 0. The Morgan fingerprint density at radius 2 is 2.08 bits per heavy atom. The van der Waals surface area contributed by atoms with Crippen molar-refractivity contribution in [2.45, 2.75) is 44.8 Å². The second-order valence-corrected chi connectivity index (χ2v) is 5.90. The van der Waals surface area contributed by atoms with E-state index in [0.717, 1.165) is 0 Å². The van der Waals surface area contributed by atoms with E-state index in [0.29, 0.717) is 23.6 Å². The number of aromatic nitrogens is 4. The monoisotopic (exact) mass is 339 g/mol. The Morgan fingerprint density at radius 3 is 2.67 bits per heavy atom. The Labute approximate surface area is 137 Å². The standard InChI is InChI=1S/C14H21N5O5/c1-4-23-11-8-10(17-13(15)18-11)19(6(2)16-8)12-14(3,22)9(21)7(5-20)24-12/h7,9,12,20-22H,4-5H2,1-3H3,(H2,15,17,18). The van der Waals surface area contributed by atoms with Crippen LogP contribution in [0.3, 0.4) is 0 Å². The average molecular weight is 339 g/mol. The highest BCUT2D eigenvalue weighted by atomic mass is 16.6. The van der Waals surface area contributed by atoms with Gasteiger partial charge in [0, 0.05) is 0 Å². The topological polar surface area (TPSA) is 149 Å². The van der Waals surface area contributed by atoms with Gasteiger partial charge in [0.2, 0.25) is 11.8 Å². The molecule has 0 saturated carbocycles. The van der Waals surface area contributed by atoms with Crippen molar-refractivity contribution >= 4 is 17.1 Å². The van der Waals surface area contributed by atoms with Gasteiger partial charge in [0.15, 0.2) is 17.4 Å². The first-order valence-corrected chi connectivity index (χ1v) is 7.62. The van der Waals surface area contributed by atoms with Crippen LogP contribution < -0.4 is 10.5 Å². The summed E-state index contributed by atoms with van der Waals surface area (Å²) in [5.74, 6) is 0.699. The molecule has 1 aliphatic heterocycles. The molecule has 0 amide bonds. The smallest absolute Gasteiger partial charge is 0.247 e. The molecule has 5 N–H and O–H groups in total. The molecule has 0 bridgehead atoms. The molecule has 2 aromatic heterocycles. The molecule has 2 aromatic rings. The fourth-order valence-electron chi connectivity index (χ4n) is 2.96. The van der Waals surface area contributed by atoms with Gasteiger partial charge in [-0.3, -0.25) is 4.57 Å². The molecule has 132 valence electrons. The van der Waals surface area contributed by atoms with Crippen LogP contribution in [0, 0.1) is 6.92 Å². The van der Waals surface area contributed by atoms with Crippen LogP contribution in [0.2, 0.25) is 0 Å². The first-order valence-electron chi connectivity index (χ1n) is 7.62. The zero-order valence-electron chi connectivity index (χ0n) is 13.7. The Bertz CT molecular complexity index is 762. The van der Waals surface area contributed by atoms with E-state index in [-0.39, 0.29) is 11.8 Å². The van der Waals surface area contributed by atoms with E-state index in [4.69, 9.17) is 15.2 Å². The van der Waals surface area contributed by atoms with Crippen molar-refractivity contribution in [3.8, 4) is 5.88 Å². The molecule has 0 radical (unpaired) electrons. The molecule has 1 saturated heterocycles. The fraction of sp³-hybridized carbons (Fsp3) is 0.643. The first-order chi connectivity index (χ1) is 11.3. The van der Waals surface area contributed by atoms with Gasteiger partial charge >= 0.3 is 0 Å². The molecule has 10 nitrogen and oxygen atoms in total. The van der Waals surface area contributed by atoms with E-state index < -0.39 is 30.6 Å². The normalized spacial score (nSPS) is 30.2. The summed E-state index contributed by atoms with van der Waals surface area (Å²) in [4.78, 5) is 12.6. The molecule has 4 unspecified atom stereocenters. The van der Waals surface area contributed by atoms with Crippen molar-refractivity contribution in [1.29, 1.82) is 0 Å². The number of aliphatic hydroxyl groups is 3.